The molecule has 2 heterocycles. The van der Waals surface area contributed by atoms with Crippen molar-refractivity contribution in [3.05, 3.63) is 48.0 Å². The van der Waals surface area contributed by atoms with Crippen LogP contribution in [0.1, 0.15) is 71.8 Å². The summed E-state index contributed by atoms with van der Waals surface area (Å²) < 4.78 is 5.50. The first-order valence-corrected chi connectivity index (χ1v) is 15.3. The topological polar surface area (TPSA) is 137 Å². The Hall–Kier alpha value is -3.24. The third-order valence-corrected chi connectivity index (χ3v) is 8.07. The van der Waals surface area contributed by atoms with Crippen molar-refractivity contribution in [2.24, 2.45) is 17.8 Å². The van der Waals surface area contributed by atoms with E-state index in [2.05, 4.69) is 16.1 Å². The van der Waals surface area contributed by atoms with E-state index in [1.165, 1.54) is 5.01 Å². The van der Waals surface area contributed by atoms with Gasteiger partial charge in [0.15, 0.2) is 0 Å². The van der Waals surface area contributed by atoms with E-state index in [-0.39, 0.29) is 24.2 Å². The molecule has 2 aliphatic rings. The summed E-state index contributed by atoms with van der Waals surface area (Å²) in [6, 6.07) is 6.87. The molecule has 1 saturated heterocycles. The fourth-order valence-corrected chi connectivity index (χ4v) is 5.29. The molecule has 0 radical (unpaired) electrons. The van der Waals surface area contributed by atoms with Crippen LogP contribution in [-0.4, -0.2) is 71.2 Å². The number of aliphatic hydroxyl groups is 1. The molecule has 42 heavy (non-hydrogen) atoms. The van der Waals surface area contributed by atoms with Gasteiger partial charge in [0.25, 0.3) is 5.91 Å². The Bertz CT molecular complexity index is 1080. The van der Waals surface area contributed by atoms with Crippen LogP contribution < -0.4 is 16.1 Å². The average molecular weight is 585 g/mol. The Morgan fingerprint density at radius 1 is 0.976 bits per heavy atom. The number of allylic oxidation sites excluding steroid dienone is 2. The van der Waals surface area contributed by atoms with E-state index in [4.69, 9.17) is 4.74 Å². The number of aliphatic hydroxyl groups excluding tert-OH is 1. The molecule has 6 atom stereocenters. The van der Waals surface area contributed by atoms with Gasteiger partial charge >= 0.3 is 5.97 Å². The maximum absolute atomic E-state index is 13.8. The number of hydrazine groups is 1. The first-order chi connectivity index (χ1) is 20.1. The van der Waals surface area contributed by atoms with E-state index in [1.807, 2.05) is 63.3 Å². The second-order valence-corrected chi connectivity index (χ2v) is 11.9. The van der Waals surface area contributed by atoms with Gasteiger partial charge in [0.2, 0.25) is 11.8 Å². The Balaban J connectivity index is 1.86. The van der Waals surface area contributed by atoms with Gasteiger partial charge in [-0.1, -0.05) is 70.2 Å². The largest absolute Gasteiger partial charge is 0.464 e. The average Bonchev–Trinajstić information content (AvgIpc) is 2.99. The number of amides is 3. The highest BCUT2D eigenvalue weighted by molar-refractivity contribution is 5.93. The number of esters is 1. The molecule has 3 amide bonds. The molecule has 0 spiro atoms. The standard InChI is InChI=1S/C32H48N4O6/c1-21(2)27-30(39)33-26(20-24-15-10-8-11-16-24)31(40)36-18-13-17-25(35-36)32(41)42-19-12-7-5-6-9-14-22(3)28(37)23(4)29(38)34-27/h6,8-11,15-16,21-23,25-28,35,37H,5,7,12-14,17-20H2,1-4H3,(H,33,39)(H,34,38)/b9-6+/t22-,23-,25-,26-,27-,28+/m0/s1. The summed E-state index contributed by atoms with van der Waals surface area (Å²) in [5.41, 5.74) is 3.88. The zero-order chi connectivity index (χ0) is 30.6. The van der Waals surface area contributed by atoms with Crippen LogP contribution in [0.15, 0.2) is 42.5 Å². The number of carbonyl (C=O) groups excluding carboxylic acids is 4. The molecule has 0 saturated carbocycles. The van der Waals surface area contributed by atoms with E-state index in [9.17, 15) is 24.3 Å². The third kappa shape index (κ3) is 9.66. The minimum Gasteiger partial charge on any atom is -0.464 e. The number of nitrogens with one attached hydrogen (secondary N) is 3. The fourth-order valence-electron chi connectivity index (χ4n) is 5.29. The van der Waals surface area contributed by atoms with Crippen molar-refractivity contribution in [1.29, 1.82) is 0 Å². The molecule has 3 rings (SSSR count). The maximum atomic E-state index is 13.8. The Kier molecular flexibility index (Phi) is 13.0. The number of hydrogen-bond acceptors (Lipinski definition) is 7. The second kappa shape index (κ2) is 16.4. The van der Waals surface area contributed by atoms with Crippen molar-refractivity contribution >= 4 is 23.7 Å². The number of fused-ring (bicyclic) bond motifs is 2. The van der Waals surface area contributed by atoms with E-state index in [1.54, 1.807) is 6.92 Å². The van der Waals surface area contributed by atoms with Crippen LogP contribution in [0.4, 0.5) is 0 Å². The molecule has 0 aliphatic carbocycles. The highest BCUT2D eigenvalue weighted by atomic mass is 16.5. The van der Waals surface area contributed by atoms with Crippen molar-refractivity contribution in [1.82, 2.24) is 21.1 Å². The fraction of sp³-hybridized carbons (Fsp3) is 0.625. The van der Waals surface area contributed by atoms with Gasteiger partial charge < -0.3 is 20.5 Å². The Morgan fingerprint density at radius 3 is 2.43 bits per heavy atom. The number of ether oxygens (including phenoxy) is 1. The van der Waals surface area contributed by atoms with Gasteiger partial charge in [-0.05, 0) is 55.9 Å². The highest BCUT2D eigenvalue weighted by Crippen LogP contribution is 2.19. The highest BCUT2D eigenvalue weighted by Gasteiger charge is 2.36. The van der Waals surface area contributed by atoms with Crippen molar-refractivity contribution in [3.8, 4) is 0 Å². The van der Waals surface area contributed by atoms with Crippen LogP contribution in [0, 0.1) is 17.8 Å². The van der Waals surface area contributed by atoms with Gasteiger partial charge in [0.05, 0.1) is 18.6 Å². The quantitative estimate of drug-likeness (QED) is 0.317. The van der Waals surface area contributed by atoms with Crippen LogP contribution in [0.3, 0.4) is 0 Å². The maximum Gasteiger partial charge on any atom is 0.324 e. The number of cyclic esters (lactones) is 1. The van der Waals surface area contributed by atoms with E-state index in [0.717, 1.165) is 18.4 Å². The summed E-state index contributed by atoms with van der Waals surface area (Å²) in [6.07, 6.45) is 7.52. The lowest BCUT2D eigenvalue weighted by Crippen LogP contribution is -2.62. The number of hydrogen-bond donors (Lipinski definition) is 4. The lowest BCUT2D eigenvalue weighted by Gasteiger charge is -2.35. The van der Waals surface area contributed by atoms with E-state index >= 15 is 0 Å². The molecule has 1 fully saturated rings. The van der Waals surface area contributed by atoms with Crippen molar-refractivity contribution < 1.29 is 29.0 Å². The third-order valence-electron chi connectivity index (χ3n) is 8.07. The summed E-state index contributed by atoms with van der Waals surface area (Å²) in [7, 11) is 0. The van der Waals surface area contributed by atoms with Crippen molar-refractivity contribution in [2.75, 3.05) is 13.2 Å². The summed E-state index contributed by atoms with van der Waals surface area (Å²) in [5, 5.41) is 18.0. The van der Waals surface area contributed by atoms with Crippen LogP contribution in [-0.2, 0) is 30.3 Å². The van der Waals surface area contributed by atoms with Crippen LogP contribution in [0.25, 0.3) is 0 Å². The van der Waals surface area contributed by atoms with E-state index in [0.29, 0.717) is 38.8 Å². The molecule has 2 aliphatic heterocycles. The minimum atomic E-state index is -0.937. The molecule has 10 nitrogen and oxygen atoms in total. The zero-order valence-electron chi connectivity index (χ0n) is 25.4. The van der Waals surface area contributed by atoms with Gasteiger partial charge in [-0.2, -0.15) is 0 Å². The molecular weight excluding hydrogens is 536 g/mol. The monoisotopic (exact) mass is 584 g/mol. The molecule has 0 unspecified atom stereocenters. The predicted molar refractivity (Wildman–Crippen MR) is 160 cm³/mol. The smallest absolute Gasteiger partial charge is 0.324 e. The van der Waals surface area contributed by atoms with Crippen LogP contribution in [0.5, 0.6) is 0 Å². The predicted octanol–water partition coefficient (Wildman–Crippen LogP) is 2.66. The van der Waals surface area contributed by atoms with Gasteiger partial charge in [-0.3, -0.25) is 24.2 Å². The Morgan fingerprint density at radius 2 is 1.71 bits per heavy atom. The normalized spacial score (nSPS) is 30.4. The molecular formula is C32H48N4O6. The van der Waals surface area contributed by atoms with Gasteiger partial charge in [0.1, 0.15) is 18.1 Å². The summed E-state index contributed by atoms with van der Waals surface area (Å²) in [5.74, 6) is -2.84. The summed E-state index contributed by atoms with van der Waals surface area (Å²) >= 11 is 0. The van der Waals surface area contributed by atoms with Crippen LogP contribution >= 0.6 is 0 Å². The number of nitrogens with zero attached hydrogens (tertiary/aromatic N) is 1. The number of benzene rings is 1. The molecule has 1 aromatic carbocycles. The molecule has 232 valence electrons. The molecule has 4 N–H and O–H groups in total. The SMILES string of the molecule is CC(C)[C@@H]1NC(=O)[C@@H](C)[C@H](O)[C@@H](C)C/C=C/CCCCOC(=O)[C@@H]2CCCN(N2)C(=O)[C@H](Cc2ccccc2)NC1=O. The number of carbonyl (C=O) groups is 4. The van der Waals surface area contributed by atoms with Gasteiger partial charge in [-0.25, -0.2) is 5.43 Å². The van der Waals surface area contributed by atoms with Crippen LogP contribution in [0.2, 0.25) is 0 Å². The first-order valence-electron chi connectivity index (χ1n) is 15.3. The minimum absolute atomic E-state index is 0.166. The lowest BCUT2D eigenvalue weighted by molar-refractivity contribution is -0.153. The van der Waals surface area contributed by atoms with Crippen molar-refractivity contribution in [3.63, 3.8) is 0 Å². The lowest BCUT2D eigenvalue weighted by atomic mass is 9.89. The summed E-state index contributed by atoms with van der Waals surface area (Å²) in [6.45, 7) is 7.87. The molecule has 1 aromatic rings. The molecule has 10 heteroatoms. The van der Waals surface area contributed by atoms with Gasteiger partial charge in [0, 0.05) is 13.0 Å². The first kappa shape index (κ1) is 33.3. The zero-order valence-corrected chi connectivity index (χ0v) is 25.4. The van der Waals surface area contributed by atoms with E-state index < -0.39 is 47.9 Å². The Labute approximate surface area is 249 Å². The second-order valence-electron chi connectivity index (χ2n) is 11.9. The molecule has 2 bridgehead atoms. The van der Waals surface area contributed by atoms with Crippen molar-refractivity contribution in [2.45, 2.75) is 96.9 Å². The molecule has 0 aromatic heterocycles. The number of rotatable bonds is 3. The summed E-state index contributed by atoms with van der Waals surface area (Å²) in [4.78, 5) is 53.4. The van der Waals surface area contributed by atoms with Gasteiger partial charge in [-0.15, -0.1) is 0 Å².